The standard InChI is InChI=1S/C26H18ClN3O4/c1-14-7-9-20-18(11-14)22(15-5-3-2-4-6-15)23(28-20)25(32)30-29-24(31)19-13-16-12-17(27)8-10-21(16)34-26(19)33/h2-13,28H,1H3,(H,29,31)(H,30,32). The van der Waals surface area contributed by atoms with Crippen LogP contribution < -0.4 is 16.5 Å². The summed E-state index contributed by atoms with van der Waals surface area (Å²) in [6, 6.07) is 21.4. The lowest BCUT2D eigenvalue weighted by Crippen LogP contribution is -2.43. The Balaban J connectivity index is 1.46. The van der Waals surface area contributed by atoms with Crippen LogP contribution in [0, 0.1) is 6.92 Å². The van der Waals surface area contributed by atoms with Crippen molar-refractivity contribution in [2.45, 2.75) is 6.92 Å². The molecular formula is C26H18ClN3O4. The summed E-state index contributed by atoms with van der Waals surface area (Å²) >= 11 is 5.99. The molecule has 0 spiro atoms. The zero-order valence-electron chi connectivity index (χ0n) is 17.9. The lowest BCUT2D eigenvalue weighted by atomic mass is 10.0. The lowest BCUT2D eigenvalue weighted by molar-refractivity contribution is 0.0842. The van der Waals surface area contributed by atoms with Crippen molar-refractivity contribution in [2.75, 3.05) is 0 Å². The van der Waals surface area contributed by atoms with Crippen LogP contribution in [0.15, 0.2) is 82.0 Å². The molecule has 0 atom stereocenters. The molecule has 0 bridgehead atoms. The van der Waals surface area contributed by atoms with Crippen LogP contribution in [-0.4, -0.2) is 16.8 Å². The monoisotopic (exact) mass is 471 g/mol. The number of hydrazine groups is 1. The van der Waals surface area contributed by atoms with E-state index >= 15 is 0 Å². The third kappa shape index (κ3) is 3.93. The van der Waals surface area contributed by atoms with Crippen LogP contribution in [0.2, 0.25) is 5.02 Å². The minimum absolute atomic E-state index is 0.259. The van der Waals surface area contributed by atoms with Gasteiger partial charge >= 0.3 is 5.63 Å². The first-order chi connectivity index (χ1) is 16.4. The number of amides is 2. The van der Waals surface area contributed by atoms with Crippen molar-refractivity contribution in [1.29, 1.82) is 0 Å². The van der Waals surface area contributed by atoms with Crippen molar-refractivity contribution in [3.8, 4) is 11.1 Å². The molecule has 2 heterocycles. The van der Waals surface area contributed by atoms with Crippen molar-refractivity contribution >= 4 is 45.3 Å². The van der Waals surface area contributed by atoms with Gasteiger partial charge in [-0.1, -0.05) is 53.6 Å². The maximum atomic E-state index is 13.1. The van der Waals surface area contributed by atoms with Gasteiger partial charge in [-0.3, -0.25) is 20.4 Å². The predicted molar refractivity (Wildman–Crippen MR) is 131 cm³/mol. The van der Waals surface area contributed by atoms with Gasteiger partial charge in [-0.05, 0) is 48.9 Å². The summed E-state index contributed by atoms with van der Waals surface area (Å²) in [6.45, 7) is 1.98. The smallest absolute Gasteiger partial charge is 0.349 e. The molecule has 0 aliphatic heterocycles. The van der Waals surface area contributed by atoms with Gasteiger partial charge in [0.2, 0.25) is 0 Å². The Bertz CT molecular complexity index is 1640. The van der Waals surface area contributed by atoms with E-state index in [1.165, 1.54) is 6.07 Å². The number of aryl methyl sites for hydroxylation is 1. The molecule has 3 N–H and O–H groups in total. The molecule has 0 aliphatic carbocycles. The molecule has 2 aromatic heterocycles. The number of carbonyl (C=O) groups excluding carboxylic acids is 2. The molecule has 5 rings (SSSR count). The van der Waals surface area contributed by atoms with Gasteiger partial charge in [0, 0.05) is 26.9 Å². The first-order valence-electron chi connectivity index (χ1n) is 10.4. The summed E-state index contributed by atoms with van der Waals surface area (Å²) in [6.07, 6.45) is 0. The minimum Gasteiger partial charge on any atom is -0.422 e. The first-order valence-corrected chi connectivity index (χ1v) is 10.8. The fourth-order valence-electron chi connectivity index (χ4n) is 3.88. The fraction of sp³-hybridized carbons (Fsp3) is 0.0385. The van der Waals surface area contributed by atoms with Crippen molar-refractivity contribution in [3.05, 3.63) is 105 Å². The number of hydrogen-bond donors (Lipinski definition) is 3. The molecule has 3 aromatic carbocycles. The highest BCUT2D eigenvalue weighted by Crippen LogP contribution is 2.33. The number of nitrogens with one attached hydrogen (secondary N) is 3. The molecule has 8 heteroatoms. The topological polar surface area (TPSA) is 104 Å². The quantitative estimate of drug-likeness (QED) is 0.255. The zero-order valence-corrected chi connectivity index (χ0v) is 18.7. The number of rotatable bonds is 3. The largest absolute Gasteiger partial charge is 0.422 e. The second-order valence-electron chi connectivity index (χ2n) is 7.83. The lowest BCUT2D eigenvalue weighted by Gasteiger charge is -2.09. The SMILES string of the molecule is Cc1ccc2[nH]c(C(=O)NNC(=O)c3cc4cc(Cl)ccc4oc3=O)c(-c3ccccc3)c2c1. The minimum atomic E-state index is -0.826. The van der Waals surface area contributed by atoms with E-state index in [1.807, 2.05) is 55.5 Å². The maximum Gasteiger partial charge on any atom is 0.349 e. The molecule has 0 saturated heterocycles. The van der Waals surface area contributed by atoms with Crippen LogP contribution in [0.5, 0.6) is 0 Å². The van der Waals surface area contributed by atoms with Gasteiger partial charge in [0.15, 0.2) is 0 Å². The number of benzene rings is 3. The van der Waals surface area contributed by atoms with Crippen molar-refractivity contribution < 1.29 is 14.0 Å². The molecule has 0 saturated carbocycles. The van der Waals surface area contributed by atoms with Crippen molar-refractivity contribution in [3.63, 3.8) is 0 Å². The van der Waals surface area contributed by atoms with Gasteiger partial charge in [0.25, 0.3) is 11.8 Å². The van der Waals surface area contributed by atoms with Crippen LogP contribution in [-0.2, 0) is 0 Å². The van der Waals surface area contributed by atoms with E-state index in [0.29, 0.717) is 21.6 Å². The van der Waals surface area contributed by atoms with E-state index < -0.39 is 17.4 Å². The van der Waals surface area contributed by atoms with Crippen LogP contribution in [0.4, 0.5) is 0 Å². The van der Waals surface area contributed by atoms with Crippen molar-refractivity contribution in [1.82, 2.24) is 15.8 Å². The number of H-pyrrole nitrogens is 1. The number of aromatic amines is 1. The van der Waals surface area contributed by atoms with E-state index in [-0.39, 0.29) is 11.3 Å². The molecule has 0 aliphatic rings. The van der Waals surface area contributed by atoms with Crippen LogP contribution in [0.1, 0.15) is 26.4 Å². The van der Waals surface area contributed by atoms with E-state index in [0.717, 1.165) is 22.0 Å². The summed E-state index contributed by atoms with van der Waals surface area (Å²) in [7, 11) is 0. The van der Waals surface area contributed by atoms with Gasteiger partial charge in [-0.15, -0.1) is 0 Å². The van der Waals surface area contributed by atoms with Crippen LogP contribution >= 0.6 is 11.6 Å². The number of hydrogen-bond acceptors (Lipinski definition) is 4. The second kappa shape index (κ2) is 8.53. The third-order valence-electron chi connectivity index (χ3n) is 5.47. The summed E-state index contributed by atoms with van der Waals surface area (Å²) in [5, 5.41) is 1.80. The van der Waals surface area contributed by atoms with Gasteiger partial charge < -0.3 is 9.40 Å². The summed E-state index contributed by atoms with van der Waals surface area (Å²) in [4.78, 5) is 41.2. The molecule has 0 unspecified atom stereocenters. The average molecular weight is 472 g/mol. The number of carbonyl (C=O) groups is 2. The van der Waals surface area contributed by atoms with Gasteiger partial charge in [-0.2, -0.15) is 0 Å². The van der Waals surface area contributed by atoms with Gasteiger partial charge in [0.1, 0.15) is 16.8 Å². The highest BCUT2D eigenvalue weighted by atomic mass is 35.5. The summed E-state index contributed by atoms with van der Waals surface area (Å²) < 4.78 is 5.19. The molecule has 0 fully saturated rings. The summed E-state index contributed by atoms with van der Waals surface area (Å²) in [5.74, 6) is -1.37. The number of halogens is 1. The fourth-order valence-corrected chi connectivity index (χ4v) is 4.06. The van der Waals surface area contributed by atoms with Crippen molar-refractivity contribution in [2.24, 2.45) is 0 Å². The molecule has 2 amide bonds. The molecule has 168 valence electrons. The van der Waals surface area contributed by atoms with Crippen LogP contribution in [0.3, 0.4) is 0 Å². The predicted octanol–water partition coefficient (Wildman–Crippen LogP) is 4.98. The van der Waals surface area contributed by atoms with Crippen LogP contribution in [0.25, 0.3) is 33.0 Å². The van der Waals surface area contributed by atoms with E-state index in [4.69, 9.17) is 16.0 Å². The molecule has 34 heavy (non-hydrogen) atoms. The van der Waals surface area contributed by atoms with Gasteiger partial charge in [0.05, 0.1) is 0 Å². The Morgan fingerprint density at radius 3 is 2.47 bits per heavy atom. The molecular weight excluding hydrogens is 454 g/mol. The van der Waals surface area contributed by atoms with Gasteiger partial charge in [-0.25, -0.2) is 4.79 Å². The Morgan fingerprint density at radius 1 is 0.912 bits per heavy atom. The zero-order chi connectivity index (χ0) is 23.8. The van der Waals surface area contributed by atoms with E-state index in [1.54, 1.807) is 18.2 Å². The Hall–Kier alpha value is -4.36. The second-order valence-corrected chi connectivity index (χ2v) is 8.26. The first kappa shape index (κ1) is 21.5. The molecule has 7 nitrogen and oxygen atoms in total. The Labute approximate surface area is 198 Å². The molecule has 5 aromatic rings. The Morgan fingerprint density at radius 2 is 1.68 bits per heavy atom. The van der Waals surface area contributed by atoms with E-state index in [2.05, 4.69) is 15.8 Å². The number of fused-ring (bicyclic) bond motifs is 2. The number of aromatic nitrogens is 1. The maximum absolute atomic E-state index is 13.1. The molecule has 0 radical (unpaired) electrons. The summed E-state index contributed by atoms with van der Waals surface area (Å²) in [5.41, 5.74) is 7.59. The third-order valence-corrected chi connectivity index (χ3v) is 5.71. The highest BCUT2D eigenvalue weighted by Gasteiger charge is 2.21. The highest BCUT2D eigenvalue weighted by molar-refractivity contribution is 6.31. The average Bonchev–Trinajstić information content (AvgIpc) is 3.21. The van der Waals surface area contributed by atoms with E-state index in [9.17, 15) is 14.4 Å². The normalized spacial score (nSPS) is 11.0. The Kier molecular flexibility index (Phi) is 5.39.